The first kappa shape index (κ1) is 25.8. The van der Waals surface area contributed by atoms with Gasteiger partial charge in [-0.15, -0.1) is 0 Å². The molecule has 1 aromatic carbocycles. The maximum atomic E-state index is 12.2. The molecule has 1 unspecified atom stereocenters. The van der Waals surface area contributed by atoms with Crippen LogP contribution in [0.3, 0.4) is 0 Å². The van der Waals surface area contributed by atoms with Crippen molar-refractivity contribution in [3.63, 3.8) is 0 Å². The maximum Gasteiger partial charge on any atom is 0.246 e. The number of benzene rings is 1. The van der Waals surface area contributed by atoms with Gasteiger partial charge in [-0.1, -0.05) is 42.8 Å². The number of aliphatic hydroxyl groups is 1. The van der Waals surface area contributed by atoms with E-state index in [1.807, 2.05) is 34.9 Å². The van der Waals surface area contributed by atoms with Gasteiger partial charge in [-0.3, -0.25) is 9.59 Å². The number of rotatable bonds is 4. The van der Waals surface area contributed by atoms with E-state index >= 15 is 0 Å². The van der Waals surface area contributed by atoms with Crippen molar-refractivity contribution in [3.05, 3.63) is 64.7 Å². The molecule has 4 rings (SSSR count). The normalized spacial score (nSPS) is 17.2. The molecule has 1 atom stereocenters. The number of nitrogens with zero attached hydrogens (tertiary/aromatic N) is 3. The SMILES string of the molecule is CC(=O)c1cnc2n1CCN(C(=O)/C=C/C1CCCN1)C2.CCc1ccccc1Cl.CO. The van der Waals surface area contributed by atoms with E-state index in [1.54, 1.807) is 24.1 Å². The summed E-state index contributed by atoms with van der Waals surface area (Å²) in [7, 11) is 1.00. The molecule has 174 valence electrons. The smallest absolute Gasteiger partial charge is 0.246 e. The van der Waals surface area contributed by atoms with Gasteiger partial charge in [0.2, 0.25) is 5.91 Å². The van der Waals surface area contributed by atoms with Crippen LogP contribution in [0.15, 0.2) is 42.6 Å². The van der Waals surface area contributed by atoms with Gasteiger partial charge in [-0.05, 0) is 37.4 Å². The molecule has 2 aliphatic heterocycles. The van der Waals surface area contributed by atoms with Crippen molar-refractivity contribution in [3.8, 4) is 0 Å². The molecular weight excluding hydrogens is 428 g/mol. The Morgan fingerprint density at radius 2 is 2.03 bits per heavy atom. The molecule has 1 aromatic heterocycles. The fraction of sp³-hybridized carbons (Fsp3) is 0.458. The summed E-state index contributed by atoms with van der Waals surface area (Å²) < 4.78 is 1.91. The molecule has 1 fully saturated rings. The second-order valence-electron chi connectivity index (χ2n) is 7.53. The largest absolute Gasteiger partial charge is 0.400 e. The summed E-state index contributed by atoms with van der Waals surface area (Å²) in [5.41, 5.74) is 1.85. The van der Waals surface area contributed by atoms with Crippen LogP contribution in [0.25, 0.3) is 0 Å². The molecule has 32 heavy (non-hydrogen) atoms. The lowest BCUT2D eigenvalue weighted by Crippen LogP contribution is -2.38. The third-order valence-corrected chi connectivity index (χ3v) is 5.81. The van der Waals surface area contributed by atoms with Gasteiger partial charge in [-0.25, -0.2) is 4.98 Å². The lowest BCUT2D eigenvalue weighted by Gasteiger charge is -2.27. The van der Waals surface area contributed by atoms with E-state index in [-0.39, 0.29) is 11.7 Å². The van der Waals surface area contributed by atoms with Gasteiger partial charge in [0.05, 0.1) is 12.7 Å². The number of amides is 1. The van der Waals surface area contributed by atoms with Crippen LogP contribution < -0.4 is 5.32 Å². The summed E-state index contributed by atoms with van der Waals surface area (Å²) >= 11 is 5.82. The monoisotopic (exact) mass is 460 g/mol. The standard InChI is InChI=1S/C15H20N4O2.C8H9Cl.CH4O/c1-11(20)13-9-17-14-10-18(7-8-19(13)14)15(21)5-4-12-3-2-6-16-12;1-2-7-5-3-4-6-8(7)9;1-2/h4-5,9,12,16H,2-3,6-8,10H2,1H3;3-6H,2H2,1H3;2H,1H3/b5-4+;;. The first-order valence-corrected chi connectivity index (χ1v) is 11.3. The van der Waals surface area contributed by atoms with E-state index in [9.17, 15) is 9.59 Å². The van der Waals surface area contributed by atoms with Gasteiger partial charge in [0.25, 0.3) is 0 Å². The fourth-order valence-electron chi connectivity index (χ4n) is 3.69. The number of carbonyl (C=O) groups excluding carboxylic acids is 2. The number of nitrogens with one attached hydrogen (secondary N) is 1. The lowest BCUT2D eigenvalue weighted by atomic mass is 10.2. The summed E-state index contributed by atoms with van der Waals surface area (Å²) in [4.78, 5) is 29.7. The number of carbonyl (C=O) groups is 2. The molecular formula is C24H33ClN4O3. The summed E-state index contributed by atoms with van der Waals surface area (Å²) in [5.74, 6) is 0.815. The molecule has 2 N–H and O–H groups in total. The topological polar surface area (TPSA) is 87.5 Å². The van der Waals surface area contributed by atoms with Crippen molar-refractivity contribution >= 4 is 23.3 Å². The molecule has 0 saturated carbocycles. The van der Waals surface area contributed by atoms with Crippen LogP contribution >= 0.6 is 11.6 Å². The van der Waals surface area contributed by atoms with Gasteiger partial charge >= 0.3 is 0 Å². The molecule has 0 bridgehead atoms. The number of imidazole rings is 1. The van der Waals surface area contributed by atoms with Crippen molar-refractivity contribution in [2.75, 3.05) is 20.2 Å². The molecule has 0 radical (unpaired) electrons. The minimum atomic E-state index is 0.0146. The highest BCUT2D eigenvalue weighted by atomic mass is 35.5. The van der Waals surface area contributed by atoms with E-state index in [1.165, 1.54) is 5.56 Å². The number of Topliss-reactive ketones (excluding diaryl/α,β-unsaturated/α-hetero) is 1. The second kappa shape index (κ2) is 13.2. The number of hydrogen-bond acceptors (Lipinski definition) is 5. The predicted octanol–water partition coefficient (Wildman–Crippen LogP) is 3.25. The number of halogens is 1. The Balaban J connectivity index is 0.000000277. The van der Waals surface area contributed by atoms with E-state index in [2.05, 4.69) is 17.2 Å². The third-order valence-electron chi connectivity index (χ3n) is 5.44. The number of aryl methyl sites for hydroxylation is 1. The van der Waals surface area contributed by atoms with Crippen LogP contribution in [-0.4, -0.2) is 57.5 Å². The molecule has 0 aliphatic carbocycles. The van der Waals surface area contributed by atoms with E-state index < -0.39 is 0 Å². The Morgan fingerprint density at radius 3 is 2.62 bits per heavy atom. The summed E-state index contributed by atoms with van der Waals surface area (Å²) in [5, 5.41) is 11.2. The molecule has 1 saturated heterocycles. The molecule has 1 amide bonds. The highest BCUT2D eigenvalue weighted by Gasteiger charge is 2.23. The predicted molar refractivity (Wildman–Crippen MR) is 127 cm³/mol. The Labute approximate surface area is 195 Å². The molecule has 8 heteroatoms. The van der Waals surface area contributed by atoms with E-state index in [0.717, 1.165) is 43.8 Å². The van der Waals surface area contributed by atoms with Crippen LogP contribution in [0.4, 0.5) is 0 Å². The highest BCUT2D eigenvalue weighted by Crippen LogP contribution is 2.16. The third kappa shape index (κ3) is 7.02. The summed E-state index contributed by atoms with van der Waals surface area (Å²) in [6, 6.07) is 8.24. The molecule has 0 spiro atoms. The Kier molecular flexibility index (Phi) is 10.6. The van der Waals surface area contributed by atoms with Crippen molar-refractivity contribution in [1.29, 1.82) is 0 Å². The van der Waals surface area contributed by atoms with Crippen molar-refractivity contribution in [2.24, 2.45) is 0 Å². The van der Waals surface area contributed by atoms with E-state index in [0.29, 0.717) is 31.4 Å². The molecule has 2 aliphatic rings. The Hall–Kier alpha value is -2.48. The summed E-state index contributed by atoms with van der Waals surface area (Å²) in [6.45, 7) is 6.38. The number of aromatic nitrogens is 2. The zero-order valence-electron chi connectivity index (χ0n) is 19.1. The van der Waals surface area contributed by atoms with Gasteiger partial charge in [0.15, 0.2) is 5.78 Å². The first-order chi connectivity index (χ1) is 15.5. The van der Waals surface area contributed by atoms with Crippen LogP contribution in [-0.2, 0) is 24.3 Å². The zero-order chi connectivity index (χ0) is 23.5. The molecule has 7 nitrogen and oxygen atoms in total. The number of fused-ring (bicyclic) bond motifs is 1. The second-order valence-corrected chi connectivity index (χ2v) is 7.94. The zero-order valence-corrected chi connectivity index (χ0v) is 19.8. The first-order valence-electron chi connectivity index (χ1n) is 10.9. The molecule has 3 heterocycles. The van der Waals surface area contributed by atoms with Gasteiger partial charge in [0, 0.05) is 44.3 Å². The van der Waals surface area contributed by atoms with Crippen molar-refractivity contribution in [2.45, 2.75) is 52.2 Å². The average molecular weight is 461 g/mol. The van der Waals surface area contributed by atoms with Crippen LogP contribution in [0.2, 0.25) is 5.02 Å². The highest BCUT2D eigenvalue weighted by molar-refractivity contribution is 6.31. The quantitative estimate of drug-likeness (QED) is 0.540. The Morgan fingerprint density at radius 1 is 1.28 bits per heavy atom. The van der Waals surface area contributed by atoms with Crippen LogP contribution in [0.1, 0.15) is 48.6 Å². The van der Waals surface area contributed by atoms with E-state index in [4.69, 9.17) is 16.7 Å². The van der Waals surface area contributed by atoms with Crippen LogP contribution in [0.5, 0.6) is 0 Å². The minimum absolute atomic E-state index is 0.0146. The molecule has 2 aromatic rings. The lowest BCUT2D eigenvalue weighted by molar-refractivity contribution is -0.127. The number of hydrogen-bond donors (Lipinski definition) is 2. The van der Waals surface area contributed by atoms with Gasteiger partial charge < -0.3 is 19.9 Å². The van der Waals surface area contributed by atoms with Crippen molar-refractivity contribution < 1.29 is 14.7 Å². The maximum absolute atomic E-state index is 12.2. The Bertz CT molecular complexity index is 920. The number of ketones is 1. The van der Waals surface area contributed by atoms with Crippen LogP contribution in [0, 0.1) is 0 Å². The fourth-order valence-corrected chi connectivity index (χ4v) is 3.96. The number of aliphatic hydroxyl groups excluding tert-OH is 1. The minimum Gasteiger partial charge on any atom is -0.400 e. The van der Waals surface area contributed by atoms with Crippen molar-refractivity contribution in [1.82, 2.24) is 19.8 Å². The van der Waals surface area contributed by atoms with Gasteiger partial charge in [-0.2, -0.15) is 0 Å². The summed E-state index contributed by atoms with van der Waals surface area (Å²) in [6.07, 6.45) is 8.49. The van der Waals surface area contributed by atoms with Gasteiger partial charge in [0.1, 0.15) is 11.5 Å². The average Bonchev–Trinajstić information content (AvgIpc) is 3.49.